The van der Waals surface area contributed by atoms with Gasteiger partial charge in [0.2, 0.25) is 11.8 Å². The minimum absolute atomic E-state index is 0.0194. The zero-order valence-electron chi connectivity index (χ0n) is 13.9. The zero-order valence-corrected chi connectivity index (χ0v) is 13.9. The molecule has 1 heterocycles. The molecule has 0 aromatic heterocycles. The Hall–Kier alpha value is -1.88. The van der Waals surface area contributed by atoms with E-state index in [0.29, 0.717) is 0 Å². The highest BCUT2D eigenvalue weighted by Crippen LogP contribution is 2.24. The van der Waals surface area contributed by atoms with Crippen LogP contribution in [-0.2, 0) is 9.59 Å². The lowest BCUT2D eigenvalue weighted by Crippen LogP contribution is -2.50. The molecule has 1 aliphatic rings. The van der Waals surface area contributed by atoms with Crippen molar-refractivity contribution in [2.45, 2.75) is 20.8 Å². The van der Waals surface area contributed by atoms with Crippen molar-refractivity contribution in [1.29, 1.82) is 0 Å². The number of carbonyl (C=O) groups excluding carboxylic acids is 2. The van der Waals surface area contributed by atoms with Crippen LogP contribution in [-0.4, -0.2) is 61.4 Å². The van der Waals surface area contributed by atoms with Gasteiger partial charge in [0, 0.05) is 33.1 Å². The van der Waals surface area contributed by atoms with Crippen molar-refractivity contribution in [3.63, 3.8) is 0 Å². The quantitative estimate of drug-likeness (QED) is 0.848. The standard InChI is InChI=1S/C17H25N3O2/c1-13-6-5-7-14(2)17(13)20(15(3)21)12-16(22)19-10-8-18(4)9-11-19/h5-7H,8-12H2,1-4H3. The van der Waals surface area contributed by atoms with E-state index in [4.69, 9.17) is 0 Å². The predicted molar refractivity (Wildman–Crippen MR) is 88.0 cm³/mol. The van der Waals surface area contributed by atoms with Gasteiger partial charge in [0.05, 0.1) is 5.69 Å². The summed E-state index contributed by atoms with van der Waals surface area (Å²) < 4.78 is 0. The summed E-state index contributed by atoms with van der Waals surface area (Å²) in [6, 6.07) is 5.91. The van der Waals surface area contributed by atoms with Gasteiger partial charge in [0.25, 0.3) is 0 Å². The number of hydrogen-bond acceptors (Lipinski definition) is 3. The molecule has 1 aromatic rings. The summed E-state index contributed by atoms with van der Waals surface area (Å²) in [5.41, 5.74) is 2.89. The number of likely N-dealkylation sites (N-methyl/N-ethyl adjacent to an activating group) is 1. The Balaban J connectivity index is 2.16. The van der Waals surface area contributed by atoms with E-state index in [1.165, 1.54) is 6.92 Å². The second kappa shape index (κ2) is 6.92. The number of hydrogen-bond donors (Lipinski definition) is 0. The third-order valence-electron chi connectivity index (χ3n) is 4.24. The molecule has 0 unspecified atom stereocenters. The number of nitrogens with zero attached hydrogens (tertiary/aromatic N) is 3. The van der Waals surface area contributed by atoms with E-state index in [1.807, 2.05) is 36.9 Å². The lowest BCUT2D eigenvalue weighted by molar-refractivity contribution is -0.132. The van der Waals surface area contributed by atoms with Crippen LogP contribution >= 0.6 is 0 Å². The maximum absolute atomic E-state index is 12.5. The molecule has 120 valence electrons. The zero-order chi connectivity index (χ0) is 16.3. The average Bonchev–Trinajstić information content (AvgIpc) is 2.46. The van der Waals surface area contributed by atoms with Crippen LogP contribution in [0.15, 0.2) is 18.2 Å². The third-order valence-corrected chi connectivity index (χ3v) is 4.24. The summed E-state index contributed by atoms with van der Waals surface area (Å²) >= 11 is 0. The van der Waals surface area contributed by atoms with Gasteiger partial charge < -0.3 is 14.7 Å². The van der Waals surface area contributed by atoms with Crippen molar-refractivity contribution in [1.82, 2.24) is 9.80 Å². The van der Waals surface area contributed by atoms with Gasteiger partial charge in [-0.05, 0) is 32.0 Å². The second-order valence-electron chi connectivity index (χ2n) is 6.03. The van der Waals surface area contributed by atoms with Gasteiger partial charge in [0.15, 0.2) is 0 Å². The van der Waals surface area contributed by atoms with Crippen molar-refractivity contribution in [2.75, 3.05) is 44.7 Å². The van der Waals surface area contributed by atoms with Crippen molar-refractivity contribution in [3.05, 3.63) is 29.3 Å². The van der Waals surface area contributed by atoms with Gasteiger partial charge in [-0.15, -0.1) is 0 Å². The Bertz CT molecular complexity index is 543. The molecule has 1 saturated heterocycles. The van der Waals surface area contributed by atoms with Crippen molar-refractivity contribution in [2.24, 2.45) is 0 Å². The van der Waals surface area contributed by atoms with Gasteiger partial charge in [0.1, 0.15) is 6.54 Å². The summed E-state index contributed by atoms with van der Waals surface area (Å²) in [6.45, 7) is 8.80. The van der Waals surface area contributed by atoms with Crippen LogP contribution in [0.3, 0.4) is 0 Å². The van der Waals surface area contributed by atoms with E-state index in [-0.39, 0.29) is 18.4 Å². The van der Waals surface area contributed by atoms with Crippen LogP contribution in [0.1, 0.15) is 18.1 Å². The maximum Gasteiger partial charge on any atom is 0.242 e. The molecule has 0 saturated carbocycles. The Morgan fingerprint density at radius 1 is 1.09 bits per heavy atom. The van der Waals surface area contributed by atoms with Gasteiger partial charge in [-0.2, -0.15) is 0 Å². The van der Waals surface area contributed by atoms with Crippen LogP contribution in [0.2, 0.25) is 0 Å². The van der Waals surface area contributed by atoms with Crippen LogP contribution in [0.5, 0.6) is 0 Å². The SMILES string of the molecule is CC(=O)N(CC(=O)N1CCN(C)CC1)c1c(C)cccc1C. The first-order valence-electron chi connectivity index (χ1n) is 7.70. The molecule has 0 bridgehead atoms. The van der Waals surface area contributed by atoms with Gasteiger partial charge in [-0.3, -0.25) is 9.59 Å². The smallest absolute Gasteiger partial charge is 0.242 e. The topological polar surface area (TPSA) is 43.9 Å². The van der Waals surface area contributed by atoms with Crippen LogP contribution in [0.4, 0.5) is 5.69 Å². The predicted octanol–water partition coefficient (Wildman–Crippen LogP) is 1.43. The molecule has 5 heteroatoms. The van der Waals surface area contributed by atoms with Crippen LogP contribution < -0.4 is 4.90 Å². The van der Waals surface area contributed by atoms with Crippen LogP contribution in [0.25, 0.3) is 0 Å². The molecule has 1 fully saturated rings. The Kier molecular flexibility index (Phi) is 5.19. The molecule has 0 atom stereocenters. The van der Waals surface area contributed by atoms with Gasteiger partial charge >= 0.3 is 0 Å². The highest BCUT2D eigenvalue weighted by Gasteiger charge is 2.24. The third kappa shape index (κ3) is 3.65. The number of para-hydroxylation sites is 1. The van der Waals surface area contributed by atoms with Gasteiger partial charge in [-0.1, -0.05) is 18.2 Å². The number of rotatable bonds is 3. The molecule has 2 rings (SSSR count). The van der Waals surface area contributed by atoms with E-state index < -0.39 is 0 Å². The summed E-state index contributed by atoms with van der Waals surface area (Å²) in [5.74, 6) is -0.0779. The van der Waals surface area contributed by atoms with E-state index >= 15 is 0 Å². The molecule has 0 radical (unpaired) electrons. The van der Waals surface area contributed by atoms with E-state index in [2.05, 4.69) is 11.9 Å². The van der Waals surface area contributed by atoms with Gasteiger partial charge in [-0.25, -0.2) is 0 Å². The number of amides is 2. The molecule has 22 heavy (non-hydrogen) atoms. The number of anilines is 1. The molecule has 5 nitrogen and oxygen atoms in total. The van der Waals surface area contributed by atoms with Crippen LogP contribution in [0, 0.1) is 13.8 Å². The number of carbonyl (C=O) groups is 2. The molecule has 0 spiro atoms. The molecule has 0 aliphatic carbocycles. The fourth-order valence-corrected chi connectivity index (χ4v) is 2.87. The maximum atomic E-state index is 12.5. The first-order chi connectivity index (χ1) is 10.4. The Labute approximate surface area is 132 Å². The summed E-state index contributed by atoms with van der Waals surface area (Å²) in [5, 5.41) is 0. The number of piperazine rings is 1. The van der Waals surface area contributed by atoms with E-state index in [1.54, 1.807) is 4.90 Å². The molecule has 1 aromatic carbocycles. The lowest BCUT2D eigenvalue weighted by Gasteiger charge is -2.34. The van der Waals surface area contributed by atoms with E-state index in [9.17, 15) is 9.59 Å². The number of benzene rings is 1. The summed E-state index contributed by atoms with van der Waals surface area (Å²) in [7, 11) is 2.06. The van der Waals surface area contributed by atoms with E-state index in [0.717, 1.165) is 43.0 Å². The second-order valence-corrected chi connectivity index (χ2v) is 6.03. The summed E-state index contributed by atoms with van der Waals surface area (Å²) in [4.78, 5) is 30.3. The fourth-order valence-electron chi connectivity index (χ4n) is 2.87. The Morgan fingerprint density at radius 2 is 1.64 bits per heavy atom. The average molecular weight is 303 g/mol. The molecular formula is C17H25N3O2. The minimum Gasteiger partial charge on any atom is -0.339 e. The Morgan fingerprint density at radius 3 is 2.14 bits per heavy atom. The van der Waals surface area contributed by atoms with Crippen molar-refractivity contribution in [3.8, 4) is 0 Å². The first kappa shape index (κ1) is 16.5. The first-order valence-corrected chi connectivity index (χ1v) is 7.70. The van der Waals surface area contributed by atoms with Crippen molar-refractivity contribution >= 4 is 17.5 Å². The fraction of sp³-hybridized carbons (Fsp3) is 0.529. The molecule has 2 amide bonds. The molecule has 0 N–H and O–H groups in total. The highest BCUT2D eigenvalue weighted by atomic mass is 16.2. The highest BCUT2D eigenvalue weighted by molar-refractivity contribution is 5.98. The molecular weight excluding hydrogens is 278 g/mol. The summed E-state index contributed by atoms with van der Waals surface area (Å²) in [6.07, 6.45) is 0. The van der Waals surface area contributed by atoms with Crippen molar-refractivity contribution < 1.29 is 9.59 Å². The minimum atomic E-state index is -0.0973. The largest absolute Gasteiger partial charge is 0.339 e. The monoisotopic (exact) mass is 303 g/mol. The lowest BCUT2D eigenvalue weighted by atomic mass is 10.1. The number of aryl methyl sites for hydroxylation is 2. The normalized spacial score (nSPS) is 15.7. The molecule has 1 aliphatic heterocycles.